The summed E-state index contributed by atoms with van der Waals surface area (Å²) in [5, 5.41) is 0. The van der Waals surface area contributed by atoms with Crippen molar-refractivity contribution in [1.82, 2.24) is 0 Å². The van der Waals surface area contributed by atoms with Crippen molar-refractivity contribution in [3.8, 4) is 0 Å². The molecule has 0 saturated heterocycles. The van der Waals surface area contributed by atoms with Crippen LogP contribution in [-0.4, -0.2) is 0 Å². The van der Waals surface area contributed by atoms with E-state index in [0.29, 0.717) is 0 Å². The van der Waals surface area contributed by atoms with Crippen molar-refractivity contribution in [3.05, 3.63) is 36.4 Å². The monoisotopic (exact) mass is 238 g/mol. The van der Waals surface area contributed by atoms with Gasteiger partial charge in [-0.2, -0.15) is 0 Å². The summed E-state index contributed by atoms with van der Waals surface area (Å²) in [5.74, 6) is 0. The van der Waals surface area contributed by atoms with E-state index in [1.807, 2.05) is 36.4 Å². The Labute approximate surface area is 70.5 Å². The molecule has 0 aliphatic heterocycles. The smallest absolute Gasteiger partial charge is 0.0623 e. The van der Waals surface area contributed by atoms with Crippen LogP contribution in [0.4, 0.5) is 0 Å². The van der Waals surface area contributed by atoms with Crippen molar-refractivity contribution in [2.45, 2.75) is 0 Å². The van der Waals surface area contributed by atoms with Gasteiger partial charge in [0.25, 0.3) is 0 Å². The van der Waals surface area contributed by atoms with Gasteiger partial charge in [-0.3, -0.25) is 0 Å². The highest BCUT2D eigenvalue weighted by Crippen LogP contribution is 1.79. The van der Waals surface area contributed by atoms with Gasteiger partial charge in [0, 0.05) is 0 Å². The molecule has 0 radical (unpaired) electrons. The van der Waals surface area contributed by atoms with Crippen LogP contribution in [0, 0.1) is 0 Å². The van der Waals surface area contributed by atoms with Crippen molar-refractivity contribution in [1.29, 1.82) is 0 Å². The van der Waals surface area contributed by atoms with Gasteiger partial charge in [-0.15, -0.1) is 34.0 Å². The van der Waals surface area contributed by atoms with Crippen LogP contribution in [0.25, 0.3) is 0 Å². The number of halogens is 2. The second-order valence-electron chi connectivity index (χ2n) is 1.15. The topological polar surface area (TPSA) is 0 Å². The predicted molar refractivity (Wildman–Crippen MR) is 47.1 cm³/mol. The summed E-state index contributed by atoms with van der Waals surface area (Å²) in [7, 11) is 0. The summed E-state index contributed by atoms with van der Waals surface area (Å²) in [6.07, 6.45) is 0. The van der Waals surface area contributed by atoms with Crippen molar-refractivity contribution in [2.75, 3.05) is 0 Å². The van der Waals surface area contributed by atoms with E-state index in [1.165, 1.54) is 0 Å². The van der Waals surface area contributed by atoms with Crippen molar-refractivity contribution in [3.63, 3.8) is 0 Å². The van der Waals surface area contributed by atoms with E-state index in [9.17, 15) is 0 Å². The Bertz CT molecular complexity index is 78.5. The SMILES string of the molecule is Br.Br.c1ccccc1. The Hall–Kier alpha value is 0.180. The minimum atomic E-state index is 0. The maximum absolute atomic E-state index is 2.00. The number of benzene rings is 1. The van der Waals surface area contributed by atoms with Gasteiger partial charge in [-0.1, -0.05) is 36.4 Å². The second-order valence-corrected chi connectivity index (χ2v) is 1.15. The quantitative estimate of drug-likeness (QED) is 0.653. The summed E-state index contributed by atoms with van der Waals surface area (Å²) in [6, 6.07) is 12.0. The van der Waals surface area contributed by atoms with E-state index in [-0.39, 0.29) is 34.0 Å². The molecule has 8 heavy (non-hydrogen) atoms. The molecule has 46 valence electrons. The van der Waals surface area contributed by atoms with Gasteiger partial charge in [0.1, 0.15) is 0 Å². The lowest BCUT2D eigenvalue weighted by atomic mass is 10.4. The summed E-state index contributed by atoms with van der Waals surface area (Å²) in [4.78, 5) is 0. The van der Waals surface area contributed by atoms with E-state index in [0.717, 1.165) is 0 Å². The second kappa shape index (κ2) is 7.18. The Kier molecular flexibility index (Phi) is 9.91. The zero-order valence-corrected chi connectivity index (χ0v) is 7.71. The highest BCUT2D eigenvalue weighted by Gasteiger charge is 1.57. The Balaban J connectivity index is 0. The van der Waals surface area contributed by atoms with Gasteiger partial charge < -0.3 is 0 Å². The molecule has 0 nitrogen and oxygen atoms in total. The molecule has 1 aromatic rings. The molecule has 1 rings (SSSR count). The molecule has 0 bridgehead atoms. The molecule has 0 aliphatic carbocycles. The van der Waals surface area contributed by atoms with E-state index < -0.39 is 0 Å². The summed E-state index contributed by atoms with van der Waals surface area (Å²) in [5.41, 5.74) is 0. The Morgan fingerprint density at radius 1 is 0.375 bits per heavy atom. The third-order valence-corrected chi connectivity index (χ3v) is 0.667. The maximum atomic E-state index is 2.00. The number of rotatable bonds is 0. The largest absolute Gasteiger partial charge is 0.114 e. The molecule has 0 aliphatic rings. The molecule has 0 aromatic heterocycles. The van der Waals surface area contributed by atoms with Gasteiger partial charge >= 0.3 is 0 Å². The van der Waals surface area contributed by atoms with Crippen LogP contribution in [0.2, 0.25) is 0 Å². The first kappa shape index (κ1) is 11.0. The Morgan fingerprint density at radius 3 is 0.625 bits per heavy atom. The minimum Gasteiger partial charge on any atom is -0.114 e. The van der Waals surface area contributed by atoms with Gasteiger partial charge in [0.05, 0.1) is 0 Å². The molecular formula is C6H8Br2. The first-order valence-electron chi connectivity index (χ1n) is 2.00. The average Bonchev–Trinajstić information content (AvgIpc) is 1.72. The average molecular weight is 240 g/mol. The lowest BCUT2D eigenvalue weighted by Crippen LogP contribution is -1.47. The highest BCUT2D eigenvalue weighted by molar-refractivity contribution is 8.93. The zero-order valence-electron chi connectivity index (χ0n) is 4.28. The predicted octanol–water partition coefficient (Wildman–Crippen LogP) is 2.84. The van der Waals surface area contributed by atoms with Crippen LogP contribution in [0.1, 0.15) is 0 Å². The molecule has 1 aromatic carbocycles. The van der Waals surface area contributed by atoms with E-state index >= 15 is 0 Å². The number of hydrogen-bond acceptors (Lipinski definition) is 0. The zero-order chi connectivity index (χ0) is 4.24. The molecule has 0 amide bonds. The first-order valence-corrected chi connectivity index (χ1v) is 2.00. The van der Waals surface area contributed by atoms with Crippen LogP contribution in [0.5, 0.6) is 0 Å². The van der Waals surface area contributed by atoms with Gasteiger partial charge in [-0.05, 0) is 0 Å². The fourth-order valence-corrected chi connectivity index (χ4v) is 0.385. The molecular weight excluding hydrogens is 232 g/mol. The molecule has 0 heterocycles. The molecule has 0 N–H and O–H groups in total. The first-order chi connectivity index (χ1) is 3.00. The third-order valence-electron chi connectivity index (χ3n) is 0.667. The van der Waals surface area contributed by atoms with Crippen LogP contribution in [0.15, 0.2) is 36.4 Å². The molecule has 0 saturated carbocycles. The molecule has 0 fully saturated rings. The highest BCUT2D eigenvalue weighted by atomic mass is 79.9. The van der Waals surface area contributed by atoms with Crippen LogP contribution < -0.4 is 0 Å². The van der Waals surface area contributed by atoms with Crippen molar-refractivity contribution >= 4 is 34.0 Å². The summed E-state index contributed by atoms with van der Waals surface area (Å²) in [6.45, 7) is 0. The van der Waals surface area contributed by atoms with Crippen molar-refractivity contribution < 1.29 is 0 Å². The molecule has 0 atom stereocenters. The van der Waals surface area contributed by atoms with Gasteiger partial charge in [0.2, 0.25) is 0 Å². The van der Waals surface area contributed by atoms with E-state index in [2.05, 4.69) is 0 Å². The Morgan fingerprint density at radius 2 is 0.500 bits per heavy atom. The normalized spacial score (nSPS) is 6.00. The van der Waals surface area contributed by atoms with Crippen LogP contribution in [-0.2, 0) is 0 Å². The molecule has 0 unspecified atom stereocenters. The maximum Gasteiger partial charge on any atom is -0.0623 e. The molecule has 0 spiro atoms. The lowest BCUT2D eigenvalue weighted by Gasteiger charge is -1.69. The lowest BCUT2D eigenvalue weighted by molar-refractivity contribution is 1.72. The fourth-order valence-electron chi connectivity index (χ4n) is 0.385. The van der Waals surface area contributed by atoms with E-state index in [1.54, 1.807) is 0 Å². The third kappa shape index (κ3) is 4.34. The van der Waals surface area contributed by atoms with Crippen molar-refractivity contribution in [2.24, 2.45) is 0 Å². The number of hydrogen-bond donors (Lipinski definition) is 0. The fraction of sp³-hybridized carbons (Fsp3) is 0. The summed E-state index contributed by atoms with van der Waals surface area (Å²) >= 11 is 0. The van der Waals surface area contributed by atoms with Crippen LogP contribution >= 0.6 is 34.0 Å². The summed E-state index contributed by atoms with van der Waals surface area (Å²) < 4.78 is 0. The minimum absolute atomic E-state index is 0. The van der Waals surface area contributed by atoms with Crippen LogP contribution in [0.3, 0.4) is 0 Å². The molecule has 2 heteroatoms. The van der Waals surface area contributed by atoms with Gasteiger partial charge in [0.15, 0.2) is 0 Å². The van der Waals surface area contributed by atoms with Gasteiger partial charge in [-0.25, -0.2) is 0 Å². The standard InChI is InChI=1S/C6H6.2BrH/c1-2-4-6-5-3-1;;/h1-6H;2*1H. The van der Waals surface area contributed by atoms with E-state index in [4.69, 9.17) is 0 Å².